The molecule has 0 fully saturated rings. The molecule has 0 aliphatic carbocycles. The Bertz CT molecular complexity index is 92.6. The van der Waals surface area contributed by atoms with Crippen molar-refractivity contribution in [3.8, 4) is 0 Å². The molecule has 0 aromatic carbocycles. The van der Waals surface area contributed by atoms with E-state index in [-0.39, 0.29) is 5.54 Å². The van der Waals surface area contributed by atoms with Crippen LogP contribution in [0.2, 0.25) is 0 Å². The molecular weight excluding hydrogens is 98.1 g/mol. The zero-order valence-corrected chi connectivity index (χ0v) is 5.99. The molecule has 1 heteroatoms. The lowest BCUT2D eigenvalue weighted by Gasteiger charge is -2.22. The van der Waals surface area contributed by atoms with E-state index in [0.717, 1.165) is 12.0 Å². The van der Waals surface area contributed by atoms with Gasteiger partial charge in [-0.2, -0.15) is 0 Å². The highest BCUT2D eigenvalue weighted by Gasteiger charge is 2.14. The van der Waals surface area contributed by atoms with Gasteiger partial charge in [-0.05, 0) is 20.3 Å². The third-order valence-electron chi connectivity index (χ3n) is 1.71. The monoisotopic (exact) mass is 113 g/mol. The van der Waals surface area contributed by atoms with Gasteiger partial charge in [-0.3, -0.25) is 0 Å². The van der Waals surface area contributed by atoms with Gasteiger partial charge in [-0.1, -0.05) is 19.1 Å². The summed E-state index contributed by atoms with van der Waals surface area (Å²) in [6.07, 6.45) is 0.961. The first-order valence-corrected chi connectivity index (χ1v) is 2.95. The summed E-state index contributed by atoms with van der Waals surface area (Å²) in [5, 5.41) is 0. The topological polar surface area (TPSA) is 26.0 Å². The second kappa shape index (κ2) is 2.31. The van der Waals surface area contributed by atoms with E-state index in [0.29, 0.717) is 0 Å². The molecule has 0 spiro atoms. The molecule has 0 unspecified atom stereocenters. The second-order valence-electron chi connectivity index (χ2n) is 2.55. The molecule has 1 nitrogen and oxygen atoms in total. The van der Waals surface area contributed by atoms with Crippen LogP contribution in [0.5, 0.6) is 0 Å². The van der Waals surface area contributed by atoms with Gasteiger partial charge < -0.3 is 5.73 Å². The van der Waals surface area contributed by atoms with Crippen molar-refractivity contribution in [1.29, 1.82) is 0 Å². The van der Waals surface area contributed by atoms with Crippen LogP contribution in [-0.4, -0.2) is 5.54 Å². The first kappa shape index (κ1) is 7.70. The van der Waals surface area contributed by atoms with Crippen LogP contribution in [0.15, 0.2) is 12.2 Å². The summed E-state index contributed by atoms with van der Waals surface area (Å²) in [4.78, 5) is 0. The Morgan fingerprint density at radius 2 is 2.12 bits per heavy atom. The maximum Gasteiger partial charge on any atom is 0.0332 e. The minimum absolute atomic E-state index is 0.153. The lowest BCUT2D eigenvalue weighted by molar-refractivity contribution is 0.532. The Morgan fingerprint density at radius 3 is 2.12 bits per heavy atom. The fourth-order valence-electron chi connectivity index (χ4n) is 0.302. The van der Waals surface area contributed by atoms with Gasteiger partial charge in [0.2, 0.25) is 0 Å². The van der Waals surface area contributed by atoms with Gasteiger partial charge in [0.25, 0.3) is 0 Å². The first-order chi connectivity index (χ1) is 3.50. The summed E-state index contributed by atoms with van der Waals surface area (Å²) >= 11 is 0. The van der Waals surface area contributed by atoms with E-state index in [1.165, 1.54) is 0 Å². The molecule has 0 aliphatic rings. The van der Waals surface area contributed by atoms with Gasteiger partial charge in [0.1, 0.15) is 0 Å². The number of rotatable bonds is 2. The first-order valence-electron chi connectivity index (χ1n) is 2.95. The summed E-state index contributed by atoms with van der Waals surface area (Å²) in [5.41, 5.74) is 6.66. The van der Waals surface area contributed by atoms with Crippen molar-refractivity contribution in [2.24, 2.45) is 5.73 Å². The molecular formula is C7H15N. The Hall–Kier alpha value is -0.300. The molecule has 2 N–H and O–H groups in total. The third kappa shape index (κ3) is 1.66. The Balaban J connectivity index is 3.91. The fourth-order valence-corrected chi connectivity index (χ4v) is 0.302. The number of nitrogens with two attached hydrogens (primary N) is 1. The van der Waals surface area contributed by atoms with E-state index in [4.69, 9.17) is 5.73 Å². The molecule has 0 aromatic heterocycles. The maximum atomic E-state index is 5.76. The molecule has 48 valence electrons. The largest absolute Gasteiger partial charge is 0.322 e. The number of hydrogen-bond acceptors (Lipinski definition) is 1. The fraction of sp³-hybridized carbons (Fsp3) is 0.714. The van der Waals surface area contributed by atoms with Gasteiger partial charge >= 0.3 is 0 Å². The predicted octanol–water partition coefficient (Wildman–Crippen LogP) is 1.69. The zero-order valence-electron chi connectivity index (χ0n) is 5.99. The Labute approximate surface area is 51.6 Å². The summed E-state index contributed by atoms with van der Waals surface area (Å²) < 4.78 is 0. The van der Waals surface area contributed by atoms with Crippen LogP contribution in [-0.2, 0) is 0 Å². The third-order valence-corrected chi connectivity index (χ3v) is 1.71. The van der Waals surface area contributed by atoms with Gasteiger partial charge in [-0.15, -0.1) is 0 Å². The molecule has 0 rings (SSSR count). The minimum atomic E-state index is -0.153. The highest BCUT2D eigenvalue weighted by atomic mass is 14.7. The highest BCUT2D eigenvalue weighted by Crippen LogP contribution is 2.13. The van der Waals surface area contributed by atoms with Gasteiger partial charge in [0.05, 0.1) is 0 Å². The summed E-state index contributed by atoms with van der Waals surface area (Å²) in [7, 11) is 0. The standard InChI is InChI=1S/C7H15N/c1-5-7(4,8)6(2)3/h2,5,8H2,1,3-4H3/t7-/m0/s1. The van der Waals surface area contributed by atoms with Crippen molar-refractivity contribution in [2.75, 3.05) is 0 Å². The average molecular weight is 113 g/mol. The van der Waals surface area contributed by atoms with Crippen LogP contribution < -0.4 is 5.73 Å². The zero-order chi connectivity index (χ0) is 6.78. The minimum Gasteiger partial charge on any atom is -0.322 e. The molecule has 0 radical (unpaired) electrons. The summed E-state index contributed by atoms with van der Waals surface area (Å²) in [6, 6.07) is 0. The van der Waals surface area contributed by atoms with Crippen molar-refractivity contribution in [1.82, 2.24) is 0 Å². The highest BCUT2D eigenvalue weighted by molar-refractivity contribution is 5.09. The molecule has 0 saturated carbocycles. The van der Waals surface area contributed by atoms with Gasteiger partial charge in [0.15, 0.2) is 0 Å². The van der Waals surface area contributed by atoms with Crippen molar-refractivity contribution in [3.05, 3.63) is 12.2 Å². The normalized spacial score (nSPS) is 17.5. The smallest absolute Gasteiger partial charge is 0.0332 e. The van der Waals surface area contributed by atoms with E-state index < -0.39 is 0 Å². The SMILES string of the molecule is C=C(C)[C@@](C)(N)CC. The van der Waals surface area contributed by atoms with Gasteiger partial charge in [-0.25, -0.2) is 0 Å². The number of hydrogen-bond donors (Lipinski definition) is 1. The van der Waals surface area contributed by atoms with Crippen LogP contribution in [0.4, 0.5) is 0 Å². The molecule has 1 atom stereocenters. The van der Waals surface area contributed by atoms with E-state index in [2.05, 4.69) is 13.5 Å². The Morgan fingerprint density at radius 1 is 1.75 bits per heavy atom. The molecule has 0 amide bonds. The van der Waals surface area contributed by atoms with Crippen LogP contribution in [0, 0.1) is 0 Å². The van der Waals surface area contributed by atoms with Crippen LogP contribution in [0.25, 0.3) is 0 Å². The average Bonchev–Trinajstić information content (AvgIpc) is 1.67. The summed E-state index contributed by atoms with van der Waals surface area (Å²) in [6.45, 7) is 9.79. The molecule has 0 bridgehead atoms. The van der Waals surface area contributed by atoms with Crippen molar-refractivity contribution in [2.45, 2.75) is 32.7 Å². The molecule has 8 heavy (non-hydrogen) atoms. The quantitative estimate of drug-likeness (QED) is 0.542. The molecule has 0 saturated heterocycles. The van der Waals surface area contributed by atoms with Crippen LogP contribution in [0.1, 0.15) is 27.2 Å². The Kier molecular flexibility index (Phi) is 2.23. The van der Waals surface area contributed by atoms with Crippen molar-refractivity contribution >= 4 is 0 Å². The van der Waals surface area contributed by atoms with Crippen molar-refractivity contribution in [3.63, 3.8) is 0 Å². The van der Waals surface area contributed by atoms with Gasteiger partial charge in [0, 0.05) is 5.54 Å². The maximum absolute atomic E-state index is 5.76. The van der Waals surface area contributed by atoms with E-state index in [1.54, 1.807) is 0 Å². The van der Waals surface area contributed by atoms with Crippen molar-refractivity contribution < 1.29 is 0 Å². The second-order valence-corrected chi connectivity index (χ2v) is 2.55. The molecule has 0 aromatic rings. The van der Waals surface area contributed by atoms with E-state index >= 15 is 0 Å². The van der Waals surface area contributed by atoms with E-state index in [9.17, 15) is 0 Å². The predicted molar refractivity (Wildman–Crippen MR) is 37.7 cm³/mol. The lowest BCUT2D eigenvalue weighted by atomic mass is 9.93. The summed E-state index contributed by atoms with van der Waals surface area (Å²) in [5.74, 6) is 0. The molecule has 0 aliphatic heterocycles. The molecule has 0 heterocycles. The van der Waals surface area contributed by atoms with Crippen LogP contribution >= 0.6 is 0 Å². The van der Waals surface area contributed by atoms with Crippen LogP contribution in [0.3, 0.4) is 0 Å². The van der Waals surface area contributed by atoms with E-state index in [1.807, 2.05) is 13.8 Å². The lowest BCUT2D eigenvalue weighted by Crippen LogP contribution is -2.35.